The molecule has 1 aromatic carbocycles. The van der Waals surface area contributed by atoms with Gasteiger partial charge in [0.25, 0.3) is 5.91 Å². The average Bonchev–Trinajstić information content (AvgIpc) is 3.46. The first-order valence-electron chi connectivity index (χ1n) is 9.43. The molecule has 1 unspecified atom stereocenters. The number of sulfonamides is 1. The highest BCUT2D eigenvalue weighted by molar-refractivity contribution is 7.89. The van der Waals surface area contributed by atoms with Crippen molar-refractivity contribution in [1.82, 2.24) is 9.62 Å². The van der Waals surface area contributed by atoms with Crippen LogP contribution in [-0.4, -0.2) is 56.1 Å². The second-order valence-electron chi connectivity index (χ2n) is 6.84. The fourth-order valence-corrected chi connectivity index (χ4v) is 4.49. The van der Waals surface area contributed by atoms with E-state index < -0.39 is 40.3 Å². The first kappa shape index (κ1) is 21.7. The highest BCUT2D eigenvalue weighted by Crippen LogP contribution is 2.21. The van der Waals surface area contributed by atoms with E-state index in [-0.39, 0.29) is 16.2 Å². The number of amides is 1. The third-order valence-electron chi connectivity index (χ3n) is 4.67. The second-order valence-corrected chi connectivity index (χ2v) is 8.78. The zero-order valence-electron chi connectivity index (χ0n) is 16.4. The minimum Gasteiger partial charge on any atom is -0.459 e. The lowest BCUT2D eigenvalue weighted by atomic mass is 10.1. The molecule has 1 aromatic heterocycles. The van der Waals surface area contributed by atoms with Crippen molar-refractivity contribution < 1.29 is 32.0 Å². The second kappa shape index (κ2) is 9.23. The van der Waals surface area contributed by atoms with Crippen LogP contribution >= 0.6 is 0 Å². The molecule has 30 heavy (non-hydrogen) atoms. The zero-order chi connectivity index (χ0) is 21.7. The monoisotopic (exact) mass is 434 g/mol. The largest absolute Gasteiger partial charge is 0.459 e. The molecule has 1 atom stereocenters. The van der Waals surface area contributed by atoms with E-state index in [0.29, 0.717) is 13.1 Å². The molecule has 0 aliphatic carbocycles. The van der Waals surface area contributed by atoms with E-state index in [1.807, 2.05) is 0 Å². The van der Waals surface area contributed by atoms with E-state index in [1.165, 1.54) is 53.9 Å². The van der Waals surface area contributed by atoms with E-state index in [1.54, 1.807) is 0 Å². The summed E-state index contributed by atoms with van der Waals surface area (Å²) in [5.74, 6) is -1.80. The standard InChI is InChI=1S/C20H22N2O7S/c1-14(21-19(24)18-5-4-12-28-18)20(25)29-13-17(23)15-6-8-16(9-7-15)30(26,27)22-10-2-3-11-22/h4-9,12,14H,2-3,10-11,13H2,1H3,(H,21,24). The van der Waals surface area contributed by atoms with Crippen molar-refractivity contribution in [2.75, 3.05) is 19.7 Å². The Balaban J connectivity index is 1.53. The molecule has 1 N–H and O–H groups in total. The number of hydrogen-bond donors (Lipinski definition) is 1. The maximum Gasteiger partial charge on any atom is 0.328 e. The van der Waals surface area contributed by atoms with Crippen LogP contribution in [0.2, 0.25) is 0 Å². The topological polar surface area (TPSA) is 123 Å². The van der Waals surface area contributed by atoms with Crippen LogP contribution in [0.25, 0.3) is 0 Å². The quantitative estimate of drug-likeness (QED) is 0.494. The Kier molecular flexibility index (Phi) is 6.68. The van der Waals surface area contributed by atoms with Crippen LogP contribution in [-0.2, 0) is 19.6 Å². The lowest BCUT2D eigenvalue weighted by Gasteiger charge is -2.15. The molecule has 2 aromatic rings. The molecule has 3 rings (SSSR count). The zero-order valence-corrected chi connectivity index (χ0v) is 17.2. The number of esters is 1. The number of hydrogen-bond acceptors (Lipinski definition) is 7. The van der Waals surface area contributed by atoms with Gasteiger partial charge in [-0.15, -0.1) is 0 Å². The molecule has 1 amide bonds. The average molecular weight is 434 g/mol. The Bertz CT molecular complexity index is 1010. The molecule has 0 radical (unpaired) electrons. The molecule has 0 bridgehead atoms. The Morgan fingerprint density at radius 1 is 1.13 bits per heavy atom. The highest BCUT2D eigenvalue weighted by atomic mass is 32.2. The van der Waals surface area contributed by atoms with Crippen molar-refractivity contribution in [1.29, 1.82) is 0 Å². The van der Waals surface area contributed by atoms with Gasteiger partial charge in [-0.3, -0.25) is 9.59 Å². The van der Waals surface area contributed by atoms with E-state index >= 15 is 0 Å². The number of ether oxygens (including phenoxy) is 1. The molecule has 10 heteroatoms. The van der Waals surface area contributed by atoms with Crippen molar-refractivity contribution >= 4 is 27.7 Å². The van der Waals surface area contributed by atoms with E-state index in [2.05, 4.69) is 5.32 Å². The van der Waals surface area contributed by atoms with Gasteiger partial charge in [0.2, 0.25) is 10.0 Å². The summed E-state index contributed by atoms with van der Waals surface area (Å²) in [6.07, 6.45) is 3.00. The van der Waals surface area contributed by atoms with Crippen LogP contribution in [0.1, 0.15) is 40.7 Å². The first-order valence-corrected chi connectivity index (χ1v) is 10.9. The molecular weight excluding hydrogens is 412 g/mol. The van der Waals surface area contributed by atoms with Crippen molar-refractivity contribution in [2.45, 2.75) is 30.7 Å². The summed E-state index contributed by atoms with van der Waals surface area (Å²) in [6, 6.07) is 7.53. The van der Waals surface area contributed by atoms with Gasteiger partial charge in [0.05, 0.1) is 11.2 Å². The van der Waals surface area contributed by atoms with Gasteiger partial charge in [0, 0.05) is 18.7 Å². The minimum absolute atomic E-state index is 0.0506. The molecule has 0 spiro atoms. The smallest absolute Gasteiger partial charge is 0.328 e. The number of carbonyl (C=O) groups is 3. The predicted octanol–water partition coefficient (Wildman–Crippen LogP) is 1.61. The summed E-state index contributed by atoms with van der Waals surface area (Å²) in [4.78, 5) is 36.2. The van der Waals surface area contributed by atoms with Crippen LogP contribution in [0, 0.1) is 0 Å². The SMILES string of the molecule is CC(NC(=O)c1ccco1)C(=O)OCC(=O)c1ccc(S(=O)(=O)N2CCCC2)cc1. The number of nitrogens with one attached hydrogen (secondary N) is 1. The van der Waals surface area contributed by atoms with E-state index in [9.17, 15) is 22.8 Å². The third kappa shape index (κ3) is 4.95. The van der Waals surface area contributed by atoms with Gasteiger partial charge in [-0.25, -0.2) is 13.2 Å². The van der Waals surface area contributed by atoms with Gasteiger partial charge < -0.3 is 14.5 Å². The third-order valence-corrected chi connectivity index (χ3v) is 6.58. The maximum atomic E-state index is 12.5. The summed E-state index contributed by atoms with van der Waals surface area (Å²) in [6.45, 7) is 1.88. The van der Waals surface area contributed by atoms with Crippen LogP contribution < -0.4 is 5.32 Å². The van der Waals surface area contributed by atoms with Gasteiger partial charge in [-0.1, -0.05) is 0 Å². The predicted molar refractivity (Wildman–Crippen MR) is 105 cm³/mol. The lowest BCUT2D eigenvalue weighted by Crippen LogP contribution is -2.40. The Hall–Kier alpha value is -2.98. The summed E-state index contributed by atoms with van der Waals surface area (Å²) < 4.78 is 36.3. The molecule has 1 aliphatic heterocycles. The van der Waals surface area contributed by atoms with E-state index in [4.69, 9.17) is 9.15 Å². The van der Waals surface area contributed by atoms with Crippen molar-refractivity contribution in [2.24, 2.45) is 0 Å². The fraction of sp³-hybridized carbons (Fsp3) is 0.350. The van der Waals surface area contributed by atoms with Crippen molar-refractivity contribution in [3.8, 4) is 0 Å². The summed E-state index contributed by atoms with van der Waals surface area (Å²) in [5, 5.41) is 2.41. The summed E-state index contributed by atoms with van der Waals surface area (Å²) in [5.41, 5.74) is 0.218. The minimum atomic E-state index is -3.56. The summed E-state index contributed by atoms with van der Waals surface area (Å²) in [7, 11) is -3.56. The number of Topliss-reactive ketones (excluding diaryl/α,β-unsaturated/α-hetero) is 1. The van der Waals surface area contributed by atoms with Gasteiger partial charge in [0.15, 0.2) is 18.2 Å². The highest BCUT2D eigenvalue weighted by Gasteiger charge is 2.27. The fourth-order valence-electron chi connectivity index (χ4n) is 2.97. The number of furan rings is 1. The number of nitrogens with zero attached hydrogens (tertiary/aromatic N) is 1. The Morgan fingerprint density at radius 3 is 2.40 bits per heavy atom. The van der Waals surface area contributed by atoms with Crippen molar-refractivity contribution in [3.63, 3.8) is 0 Å². The molecule has 160 valence electrons. The van der Waals surface area contributed by atoms with Crippen molar-refractivity contribution in [3.05, 3.63) is 54.0 Å². The molecule has 1 aliphatic rings. The normalized spacial score (nSPS) is 15.5. The Labute approximate surface area is 174 Å². The summed E-state index contributed by atoms with van der Waals surface area (Å²) >= 11 is 0. The molecular formula is C20H22N2O7S. The van der Waals surface area contributed by atoms with Gasteiger partial charge >= 0.3 is 5.97 Å². The molecule has 2 heterocycles. The van der Waals surface area contributed by atoms with Crippen LogP contribution in [0.4, 0.5) is 0 Å². The Morgan fingerprint density at radius 2 is 1.80 bits per heavy atom. The molecule has 1 fully saturated rings. The number of benzene rings is 1. The first-order chi connectivity index (χ1) is 14.3. The van der Waals surface area contributed by atoms with Gasteiger partial charge in [-0.2, -0.15) is 4.31 Å². The lowest BCUT2D eigenvalue weighted by molar-refractivity contribution is -0.144. The molecule has 0 saturated carbocycles. The van der Waals surface area contributed by atoms with Crippen LogP contribution in [0.3, 0.4) is 0 Å². The van der Waals surface area contributed by atoms with Gasteiger partial charge in [0.1, 0.15) is 6.04 Å². The molecule has 9 nitrogen and oxygen atoms in total. The van der Waals surface area contributed by atoms with E-state index in [0.717, 1.165) is 12.8 Å². The number of carbonyl (C=O) groups excluding carboxylic acids is 3. The maximum absolute atomic E-state index is 12.5. The number of rotatable bonds is 8. The van der Waals surface area contributed by atoms with Crippen LogP contribution in [0.5, 0.6) is 0 Å². The number of ketones is 1. The molecule has 1 saturated heterocycles. The van der Waals surface area contributed by atoms with Crippen LogP contribution in [0.15, 0.2) is 52.0 Å². The van der Waals surface area contributed by atoms with Gasteiger partial charge in [-0.05, 0) is 56.2 Å².